The van der Waals surface area contributed by atoms with E-state index in [0.29, 0.717) is 6.04 Å². The van der Waals surface area contributed by atoms with Gasteiger partial charge in [-0.25, -0.2) is 4.98 Å². The summed E-state index contributed by atoms with van der Waals surface area (Å²) in [5, 5.41) is 3.48. The number of nitrogens with one attached hydrogen (secondary N) is 1. The maximum Gasteiger partial charge on any atom is 0.110 e. The summed E-state index contributed by atoms with van der Waals surface area (Å²) in [6.45, 7) is 13.3. The van der Waals surface area contributed by atoms with Gasteiger partial charge in [0.1, 0.15) is 5.82 Å². The van der Waals surface area contributed by atoms with Gasteiger partial charge in [0.25, 0.3) is 0 Å². The zero-order chi connectivity index (χ0) is 14.3. The van der Waals surface area contributed by atoms with Crippen LogP contribution in [-0.2, 0) is 17.7 Å². The first kappa shape index (κ1) is 16.2. The number of rotatable bonds is 8. The van der Waals surface area contributed by atoms with Gasteiger partial charge in [-0.05, 0) is 33.7 Å². The molecule has 0 fully saturated rings. The van der Waals surface area contributed by atoms with Crippen LogP contribution in [0.15, 0.2) is 12.4 Å². The lowest BCUT2D eigenvalue weighted by atomic mass is 10.1. The second-order valence-corrected chi connectivity index (χ2v) is 5.92. The molecule has 110 valence electrons. The molecule has 0 amide bonds. The SMILES string of the molecule is CCCn1ccnc1CC(COC(C)(C)C)NCC. The highest BCUT2D eigenvalue weighted by molar-refractivity contribution is 4.96. The molecule has 0 saturated heterocycles. The predicted molar refractivity (Wildman–Crippen MR) is 79.4 cm³/mol. The van der Waals surface area contributed by atoms with E-state index in [-0.39, 0.29) is 5.60 Å². The van der Waals surface area contributed by atoms with E-state index in [1.807, 2.05) is 6.20 Å². The Morgan fingerprint density at radius 3 is 2.68 bits per heavy atom. The second kappa shape index (κ2) is 7.65. The first-order chi connectivity index (χ1) is 8.96. The van der Waals surface area contributed by atoms with Crippen molar-refractivity contribution in [3.63, 3.8) is 0 Å². The molecule has 1 aromatic heterocycles. The molecule has 1 rings (SSSR count). The number of ether oxygens (including phenoxy) is 1. The molecule has 0 aliphatic carbocycles. The molecular formula is C15H29N3O. The first-order valence-corrected chi connectivity index (χ1v) is 7.33. The van der Waals surface area contributed by atoms with Crippen molar-refractivity contribution in [2.45, 2.75) is 65.6 Å². The molecule has 4 nitrogen and oxygen atoms in total. The summed E-state index contributed by atoms with van der Waals surface area (Å²) in [7, 11) is 0. The minimum atomic E-state index is -0.0908. The van der Waals surface area contributed by atoms with E-state index >= 15 is 0 Å². The number of aromatic nitrogens is 2. The normalized spacial score (nSPS) is 13.7. The highest BCUT2D eigenvalue weighted by Crippen LogP contribution is 2.10. The van der Waals surface area contributed by atoms with Gasteiger partial charge < -0.3 is 14.6 Å². The topological polar surface area (TPSA) is 39.1 Å². The van der Waals surface area contributed by atoms with Crippen LogP contribution in [0, 0.1) is 0 Å². The number of likely N-dealkylation sites (N-methyl/N-ethyl adjacent to an activating group) is 1. The van der Waals surface area contributed by atoms with Crippen molar-refractivity contribution in [1.82, 2.24) is 14.9 Å². The van der Waals surface area contributed by atoms with E-state index in [0.717, 1.165) is 38.4 Å². The number of aryl methyl sites for hydroxylation is 1. The smallest absolute Gasteiger partial charge is 0.110 e. The maximum absolute atomic E-state index is 5.89. The Morgan fingerprint density at radius 2 is 2.11 bits per heavy atom. The zero-order valence-corrected chi connectivity index (χ0v) is 13.1. The number of nitrogens with zero attached hydrogens (tertiary/aromatic N) is 2. The summed E-state index contributed by atoms with van der Waals surface area (Å²) < 4.78 is 8.13. The molecular weight excluding hydrogens is 238 g/mol. The molecule has 1 atom stereocenters. The Hall–Kier alpha value is -0.870. The van der Waals surface area contributed by atoms with Crippen molar-refractivity contribution in [3.05, 3.63) is 18.2 Å². The Bertz CT molecular complexity index is 355. The van der Waals surface area contributed by atoms with E-state index in [2.05, 4.69) is 55.7 Å². The van der Waals surface area contributed by atoms with Gasteiger partial charge in [-0.3, -0.25) is 0 Å². The van der Waals surface area contributed by atoms with Crippen LogP contribution in [0.2, 0.25) is 0 Å². The fourth-order valence-electron chi connectivity index (χ4n) is 2.02. The minimum Gasteiger partial charge on any atom is -0.374 e. The average molecular weight is 267 g/mol. The van der Waals surface area contributed by atoms with E-state index in [1.54, 1.807) is 0 Å². The molecule has 0 radical (unpaired) electrons. The van der Waals surface area contributed by atoms with Crippen molar-refractivity contribution >= 4 is 0 Å². The summed E-state index contributed by atoms with van der Waals surface area (Å²) in [6, 6.07) is 0.322. The third-order valence-electron chi connectivity index (χ3n) is 2.91. The number of imidazole rings is 1. The van der Waals surface area contributed by atoms with Gasteiger partial charge in [-0.2, -0.15) is 0 Å². The van der Waals surface area contributed by atoms with E-state index in [1.165, 1.54) is 0 Å². The van der Waals surface area contributed by atoms with Crippen molar-refractivity contribution in [2.75, 3.05) is 13.2 Å². The lowest BCUT2D eigenvalue weighted by molar-refractivity contribution is -0.0144. The number of hydrogen-bond donors (Lipinski definition) is 1. The summed E-state index contributed by atoms with van der Waals surface area (Å²) in [5.41, 5.74) is -0.0908. The van der Waals surface area contributed by atoms with E-state index < -0.39 is 0 Å². The molecule has 0 aliphatic rings. The largest absolute Gasteiger partial charge is 0.374 e. The fourth-order valence-corrected chi connectivity index (χ4v) is 2.02. The molecule has 1 heterocycles. The van der Waals surface area contributed by atoms with Crippen LogP contribution in [0.5, 0.6) is 0 Å². The van der Waals surface area contributed by atoms with Gasteiger partial charge in [0.2, 0.25) is 0 Å². The molecule has 0 saturated carbocycles. The Morgan fingerprint density at radius 1 is 1.37 bits per heavy atom. The van der Waals surface area contributed by atoms with Gasteiger partial charge in [0.05, 0.1) is 12.2 Å². The average Bonchev–Trinajstić information content (AvgIpc) is 2.73. The second-order valence-electron chi connectivity index (χ2n) is 5.92. The Labute approximate surface area is 117 Å². The fraction of sp³-hybridized carbons (Fsp3) is 0.800. The highest BCUT2D eigenvalue weighted by atomic mass is 16.5. The third-order valence-corrected chi connectivity index (χ3v) is 2.91. The molecule has 0 bridgehead atoms. The van der Waals surface area contributed by atoms with Gasteiger partial charge in [0.15, 0.2) is 0 Å². The molecule has 0 aliphatic heterocycles. The quantitative estimate of drug-likeness (QED) is 0.787. The van der Waals surface area contributed by atoms with E-state index in [9.17, 15) is 0 Å². The van der Waals surface area contributed by atoms with Gasteiger partial charge in [-0.15, -0.1) is 0 Å². The van der Waals surface area contributed by atoms with Crippen LogP contribution in [0.3, 0.4) is 0 Å². The Balaban J connectivity index is 2.59. The maximum atomic E-state index is 5.89. The third kappa shape index (κ3) is 6.21. The number of hydrogen-bond acceptors (Lipinski definition) is 3. The first-order valence-electron chi connectivity index (χ1n) is 7.33. The lowest BCUT2D eigenvalue weighted by Crippen LogP contribution is -2.38. The van der Waals surface area contributed by atoms with Crippen molar-refractivity contribution < 1.29 is 4.74 Å². The van der Waals surface area contributed by atoms with Gasteiger partial charge in [-0.1, -0.05) is 13.8 Å². The minimum absolute atomic E-state index is 0.0908. The molecule has 1 N–H and O–H groups in total. The highest BCUT2D eigenvalue weighted by Gasteiger charge is 2.17. The Kier molecular flexibility index (Phi) is 6.52. The van der Waals surface area contributed by atoms with E-state index in [4.69, 9.17) is 4.74 Å². The molecule has 1 aromatic rings. The molecule has 1 unspecified atom stereocenters. The van der Waals surface area contributed by atoms with Gasteiger partial charge in [0, 0.05) is 31.4 Å². The lowest BCUT2D eigenvalue weighted by Gasteiger charge is -2.25. The van der Waals surface area contributed by atoms with Gasteiger partial charge >= 0.3 is 0 Å². The molecule has 19 heavy (non-hydrogen) atoms. The van der Waals surface area contributed by atoms with Crippen molar-refractivity contribution in [3.8, 4) is 0 Å². The van der Waals surface area contributed by atoms with Crippen LogP contribution in [0.25, 0.3) is 0 Å². The standard InChI is InChI=1S/C15H29N3O/c1-6-9-18-10-8-17-14(18)11-13(16-7-2)12-19-15(3,4)5/h8,10,13,16H,6-7,9,11-12H2,1-5H3. The van der Waals surface area contributed by atoms with Crippen LogP contribution in [0.1, 0.15) is 46.9 Å². The van der Waals surface area contributed by atoms with Crippen LogP contribution >= 0.6 is 0 Å². The van der Waals surface area contributed by atoms with Crippen LogP contribution < -0.4 is 5.32 Å². The summed E-state index contributed by atoms with van der Waals surface area (Å²) in [5.74, 6) is 1.14. The molecule has 0 aromatic carbocycles. The molecule has 4 heteroatoms. The zero-order valence-electron chi connectivity index (χ0n) is 13.1. The molecule has 0 spiro atoms. The summed E-state index contributed by atoms with van der Waals surface area (Å²) >= 11 is 0. The van der Waals surface area contributed by atoms with Crippen molar-refractivity contribution in [2.24, 2.45) is 0 Å². The summed E-state index contributed by atoms with van der Waals surface area (Å²) in [4.78, 5) is 4.47. The van der Waals surface area contributed by atoms with Crippen molar-refractivity contribution in [1.29, 1.82) is 0 Å². The summed E-state index contributed by atoms with van der Waals surface area (Å²) in [6.07, 6.45) is 6.00. The predicted octanol–water partition coefficient (Wildman–Crippen LogP) is 2.63. The van der Waals surface area contributed by atoms with Crippen LogP contribution in [-0.4, -0.2) is 34.3 Å². The van der Waals surface area contributed by atoms with Crippen LogP contribution in [0.4, 0.5) is 0 Å². The monoisotopic (exact) mass is 267 g/mol.